The first kappa shape index (κ1) is 28.7. The molecule has 0 spiro atoms. The molecule has 0 fully saturated rings. The van der Waals surface area contributed by atoms with Gasteiger partial charge in [0.1, 0.15) is 37.3 Å². The standard InChI is InChI=1S/C20H14N4O6S2.2Na/c25-31(26,27)15-8-4-13(5-9-15)18-19(14-6-10-16(11-7-14)32(28,29)30)23-24-20(22-18)17-3-1-2-12-21-17;;/h1-12H,(H,25,26,27)(H,28,29,30);;/q;2*+1/p-2. The van der Waals surface area contributed by atoms with E-state index in [1.165, 1.54) is 24.3 Å². The molecule has 0 amide bonds. The van der Waals surface area contributed by atoms with Crippen LogP contribution in [0.15, 0.2) is 82.7 Å². The van der Waals surface area contributed by atoms with Crippen LogP contribution in [-0.2, 0) is 20.2 Å². The number of pyridine rings is 1. The summed E-state index contributed by atoms with van der Waals surface area (Å²) in [6, 6.07) is 15.3. The van der Waals surface area contributed by atoms with Gasteiger partial charge in [-0.25, -0.2) is 21.8 Å². The summed E-state index contributed by atoms with van der Waals surface area (Å²) in [7, 11) is -9.25. The molecule has 0 atom stereocenters. The zero-order valence-electron chi connectivity index (χ0n) is 18.0. The predicted molar refractivity (Wildman–Crippen MR) is 110 cm³/mol. The molecule has 4 rings (SSSR count). The van der Waals surface area contributed by atoms with Crippen molar-refractivity contribution in [3.63, 3.8) is 0 Å². The summed E-state index contributed by atoms with van der Waals surface area (Å²) >= 11 is 0. The van der Waals surface area contributed by atoms with Gasteiger partial charge in [0.15, 0.2) is 0 Å². The third-order valence-electron chi connectivity index (χ3n) is 4.41. The van der Waals surface area contributed by atoms with Crippen LogP contribution >= 0.6 is 0 Å². The van der Waals surface area contributed by atoms with Gasteiger partial charge in [-0.1, -0.05) is 30.3 Å². The number of hydrogen-bond donors (Lipinski definition) is 0. The molecule has 4 aromatic rings. The SMILES string of the molecule is O=S(=O)([O-])c1ccc(-c2nnc(-c3ccccn3)nc2-c2ccc(S(=O)(=O)[O-])cc2)cc1.[Na+].[Na+]. The van der Waals surface area contributed by atoms with Crippen molar-refractivity contribution in [2.45, 2.75) is 9.79 Å². The van der Waals surface area contributed by atoms with Crippen LogP contribution in [0.25, 0.3) is 34.0 Å². The van der Waals surface area contributed by atoms with E-state index in [2.05, 4.69) is 20.2 Å². The van der Waals surface area contributed by atoms with E-state index in [9.17, 15) is 25.9 Å². The van der Waals surface area contributed by atoms with Gasteiger partial charge in [-0.3, -0.25) is 4.98 Å². The van der Waals surface area contributed by atoms with Gasteiger partial charge in [-0.2, -0.15) is 0 Å². The normalized spacial score (nSPS) is 11.2. The van der Waals surface area contributed by atoms with Crippen LogP contribution in [-0.4, -0.2) is 46.1 Å². The molecular weight excluding hydrogens is 502 g/mol. The van der Waals surface area contributed by atoms with Crippen LogP contribution in [0.1, 0.15) is 0 Å². The van der Waals surface area contributed by atoms with Crippen LogP contribution in [0.2, 0.25) is 0 Å². The second-order valence-electron chi connectivity index (χ2n) is 6.50. The van der Waals surface area contributed by atoms with Crippen LogP contribution in [0.3, 0.4) is 0 Å². The molecule has 2 aromatic heterocycles. The first-order valence-electron chi connectivity index (χ1n) is 8.92. The van der Waals surface area contributed by atoms with Gasteiger partial charge >= 0.3 is 59.1 Å². The van der Waals surface area contributed by atoms with Crippen LogP contribution in [0.5, 0.6) is 0 Å². The molecule has 0 saturated carbocycles. The molecule has 2 aromatic carbocycles. The van der Waals surface area contributed by atoms with E-state index in [0.717, 1.165) is 24.3 Å². The minimum atomic E-state index is -4.63. The Morgan fingerprint density at radius 3 is 1.56 bits per heavy atom. The summed E-state index contributed by atoms with van der Waals surface area (Å²) in [5, 5.41) is 8.29. The summed E-state index contributed by atoms with van der Waals surface area (Å²) in [6.45, 7) is 0. The first-order chi connectivity index (χ1) is 15.1. The van der Waals surface area contributed by atoms with Gasteiger partial charge in [0.2, 0.25) is 5.82 Å². The Labute approximate surface area is 240 Å². The molecule has 0 aliphatic carbocycles. The zero-order chi connectivity index (χ0) is 22.9. The molecule has 2 heterocycles. The molecule has 34 heavy (non-hydrogen) atoms. The number of nitrogens with zero attached hydrogens (tertiary/aromatic N) is 4. The van der Waals surface area contributed by atoms with Gasteiger partial charge in [-0.05, 0) is 36.4 Å². The van der Waals surface area contributed by atoms with Gasteiger partial charge in [0, 0.05) is 17.3 Å². The van der Waals surface area contributed by atoms with Gasteiger partial charge < -0.3 is 9.11 Å². The Morgan fingerprint density at radius 1 is 0.618 bits per heavy atom. The van der Waals surface area contributed by atoms with Gasteiger partial charge in [0.25, 0.3) is 0 Å². The maximum atomic E-state index is 11.2. The molecule has 10 nitrogen and oxygen atoms in total. The van der Waals surface area contributed by atoms with E-state index in [1.54, 1.807) is 24.4 Å². The fourth-order valence-corrected chi connectivity index (χ4v) is 3.82. The number of aromatic nitrogens is 4. The Balaban J connectivity index is 0.00000204. The van der Waals surface area contributed by atoms with Crippen molar-refractivity contribution >= 4 is 20.2 Å². The summed E-state index contributed by atoms with van der Waals surface area (Å²) in [6.07, 6.45) is 1.56. The Kier molecular flexibility index (Phi) is 9.64. The first-order valence-corrected chi connectivity index (χ1v) is 11.7. The molecule has 0 unspecified atom stereocenters. The fourth-order valence-electron chi connectivity index (χ4n) is 2.88. The van der Waals surface area contributed by atoms with Crippen molar-refractivity contribution in [1.82, 2.24) is 20.2 Å². The molecule has 0 aliphatic heterocycles. The van der Waals surface area contributed by atoms with Crippen molar-refractivity contribution in [2.24, 2.45) is 0 Å². The number of hydrogen-bond acceptors (Lipinski definition) is 10. The second kappa shape index (κ2) is 11.4. The minimum Gasteiger partial charge on any atom is -0.744 e. The van der Waals surface area contributed by atoms with Crippen molar-refractivity contribution in [2.75, 3.05) is 0 Å². The maximum Gasteiger partial charge on any atom is 1.00 e. The average Bonchev–Trinajstić information content (AvgIpc) is 2.78. The van der Waals surface area contributed by atoms with Crippen molar-refractivity contribution in [3.8, 4) is 34.0 Å². The number of rotatable bonds is 5. The minimum absolute atomic E-state index is 0. The van der Waals surface area contributed by atoms with Crippen molar-refractivity contribution < 1.29 is 85.1 Å². The summed E-state index contributed by atoms with van der Waals surface area (Å²) < 4.78 is 67.4. The van der Waals surface area contributed by atoms with Crippen molar-refractivity contribution in [3.05, 3.63) is 72.9 Å². The topological polar surface area (TPSA) is 166 Å². The molecule has 14 heteroatoms. The number of benzene rings is 2. The van der Waals surface area contributed by atoms with E-state index in [0.29, 0.717) is 16.8 Å². The fraction of sp³-hybridized carbons (Fsp3) is 0. The van der Waals surface area contributed by atoms with Crippen LogP contribution < -0.4 is 59.1 Å². The molecular formula is C20H12N4Na2O6S2. The summed E-state index contributed by atoms with van der Waals surface area (Å²) in [5.41, 5.74) is 1.82. The van der Waals surface area contributed by atoms with Gasteiger partial charge in [-0.15, -0.1) is 10.2 Å². The molecule has 0 aliphatic rings. The summed E-state index contributed by atoms with van der Waals surface area (Å²) in [4.78, 5) is 7.89. The Morgan fingerprint density at radius 2 is 1.12 bits per heavy atom. The van der Waals surface area contributed by atoms with E-state index < -0.39 is 30.0 Å². The second-order valence-corrected chi connectivity index (χ2v) is 9.26. The zero-order valence-corrected chi connectivity index (χ0v) is 23.6. The van der Waals surface area contributed by atoms with Crippen LogP contribution in [0, 0.1) is 0 Å². The smallest absolute Gasteiger partial charge is 0.744 e. The van der Waals surface area contributed by atoms with E-state index in [4.69, 9.17) is 0 Å². The molecule has 0 radical (unpaired) electrons. The van der Waals surface area contributed by atoms with E-state index in [-0.39, 0.29) is 76.3 Å². The molecule has 0 N–H and O–H groups in total. The van der Waals surface area contributed by atoms with Crippen molar-refractivity contribution in [1.29, 1.82) is 0 Å². The molecule has 162 valence electrons. The Hall–Kier alpha value is -1.58. The Bertz CT molecular complexity index is 1500. The van der Waals surface area contributed by atoms with Crippen LogP contribution in [0.4, 0.5) is 0 Å². The van der Waals surface area contributed by atoms with Gasteiger partial charge in [0.05, 0.1) is 9.79 Å². The van der Waals surface area contributed by atoms with E-state index in [1.807, 2.05) is 0 Å². The third kappa shape index (κ3) is 6.55. The third-order valence-corrected chi connectivity index (χ3v) is 6.11. The summed E-state index contributed by atoms with van der Waals surface area (Å²) in [5.74, 6) is 0.198. The quantitative estimate of drug-likeness (QED) is 0.190. The monoisotopic (exact) mass is 514 g/mol. The average molecular weight is 514 g/mol. The molecule has 0 bridgehead atoms. The van der Waals surface area contributed by atoms with E-state index >= 15 is 0 Å². The maximum absolute atomic E-state index is 11.2. The molecule has 0 saturated heterocycles. The predicted octanol–water partition coefficient (Wildman–Crippen LogP) is -3.92. The largest absolute Gasteiger partial charge is 1.00 e.